The maximum absolute atomic E-state index is 14.0. The first-order valence-corrected chi connectivity index (χ1v) is 11.0. The van der Waals surface area contributed by atoms with Gasteiger partial charge in [-0.3, -0.25) is 14.5 Å². The Hall–Kier alpha value is -3.27. The number of imide groups is 1. The van der Waals surface area contributed by atoms with E-state index in [1.807, 2.05) is 0 Å². The average molecular weight is 458 g/mol. The van der Waals surface area contributed by atoms with Gasteiger partial charge in [0.1, 0.15) is 11.6 Å². The zero-order valence-electron chi connectivity index (χ0n) is 17.1. The molecule has 2 N–H and O–H groups in total. The summed E-state index contributed by atoms with van der Waals surface area (Å²) in [7, 11) is 0. The van der Waals surface area contributed by atoms with Gasteiger partial charge in [0, 0.05) is 18.5 Å². The smallest absolute Gasteiger partial charge is 0.260 e. The number of thioether (sulfide) groups is 1. The van der Waals surface area contributed by atoms with Gasteiger partial charge in [0.15, 0.2) is 5.82 Å². The van der Waals surface area contributed by atoms with Crippen molar-refractivity contribution in [2.45, 2.75) is 36.1 Å². The molecule has 3 aromatic rings. The van der Waals surface area contributed by atoms with Gasteiger partial charge < -0.3 is 5.84 Å². The summed E-state index contributed by atoms with van der Waals surface area (Å²) in [5, 5.41) is 7.86. The van der Waals surface area contributed by atoms with E-state index < -0.39 is 17.0 Å². The van der Waals surface area contributed by atoms with Crippen molar-refractivity contribution in [1.29, 1.82) is 0 Å². The second-order valence-electron chi connectivity index (χ2n) is 7.44. The van der Waals surface area contributed by atoms with E-state index in [1.165, 1.54) is 39.9 Å². The van der Waals surface area contributed by atoms with Gasteiger partial charge in [0.25, 0.3) is 5.91 Å². The van der Waals surface area contributed by atoms with E-state index in [0.29, 0.717) is 35.9 Å². The number of nitrogens with two attached hydrogens (primary N) is 1. The number of carbonyl (C=O) groups is 2. The zero-order valence-corrected chi connectivity index (χ0v) is 17.9. The number of aromatic nitrogens is 3. The van der Waals surface area contributed by atoms with E-state index in [9.17, 15) is 18.4 Å². The summed E-state index contributed by atoms with van der Waals surface area (Å²) in [6.07, 6.45) is 2.12. The van der Waals surface area contributed by atoms with Crippen molar-refractivity contribution in [2.24, 2.45) is 0 Å². The Labute approximate surface area is 187 Å². The lowest BCUT2D eigenvalue weighted by atomic mass is 10.1. The number of carbonyl (C=O) groups excluding carboxylic acids is 2. The van der Waals surface area contributed by atoms with Gasteiger partial charge in [-0.05, 0) is 48.7 Å². The number of nitrogen functional groups attached to an aromatic ring is 1. The fraction of sp³-hybridized carbons (Fsp3) is 0.273. The molecule has 1 fully saturated rings. The summed E-state index contributed by atoms with van der Waals surface area (Å²) in [6, 6.07) is 11.4. The highest BCUT2D eigenvalue weighted by molar-refractivity contribution is 8.00. The van der Waals surface area contributed by atoms with Gasteiger partial charge in [0.2, 0.25) is 11.1 Å². The lowest BCUT2D eigenvalue weighted by molar-refractivity contribution is -0.127. The molecule has 2 aromatic carbocycles. The summed E-state index contributed by atoms with van der Waals surface area (Å²) in [6.45, 7) is 0.292. The van der Waals surface area contributed by atoms with Crippen LogP contribution in [0.2, 0.25) is 0 Å². The predicted molar refractivity (Wildman–Crippen MR) is 115 cm³/mol. The fourth-order valence-corrected chi connectivity index (χ4v) is 4.59. The maximum atomic E-state index is 14.0. The van der Waals surface area contributed by atoms with Gasteiger partial charge in [-0.2, -0.15) is 0 Å². The quantitative estimate of drug-likeness (QED) is 0.467. The molecule has 1 aliphatic heterocycles. The van der Waals surface area contributed by atoms with Crippen molar-refractivity contribution in [3.8, 4) is 0 Å². The highest BCUT2D eigenvalue weighted by Crippen LogP contribution is 2.30. The first-order chi connectivity index (χ1) is 15.4. The third-order valence-corrected chi connectivity index (χ3v) is 6.48. The summed E-state index contributed by atoms with van der Waals surface area (Å²) in [4.78, 5) is 27.2. The zero-order chi connectivity index (χ0) is 22.7. The van der Waals surface area contributed by atoms with Crippen molar-refractivity contribution in [1.82, 2.24) is 19.8 Å². The van der Waals surface area contributed by atoms with Gasteiger partial charge in [-0.1, -0.05) is 36.4 Å². The molecule has 0 saturated carbocycles. The van der Waals surface area contributed by atoms with E-state index in [4.69, 9.17) is 5.84 Å². The summed E-state index contributed by atoms with van der Waals surface area (Å²) in [5.41, 5.74) is 0.685. The van der Waals surface area contributed by atoms with E-state index in [0.717, 1.165) is 18.2 Å². The molecule has 0 spiro atoms. The van der Waals surface area contributed by atoms with Crippen LogP contribution in [0.25, 0.3) is 0 Å². The molecule has 2 heterocycles. The highest BCUT2D eigenvalue weighted by atomic mass is 32.2. The summed E-state index contributed by atoms with van der Waals surface area (Å²) < 4.78 is 28.4. The van der Waals surface area contributed by atoms with E-state index in [-0.39, 0.29) is 23.7 Å². The molecule has 32 heavy (non-hydrogen) atoms. The van der Waals surface area contributed by atoms with Gasteiger partial charge in [-0.25, -0.2) is 13.5 Å². The molecular formula is C22H21F2N5O2S. The van der Waals surface area contributed by atoms with Crippen molar-refractivity contribution in [3.63, 3.8) is 0 Å². The molecule has 166 valence electrons. The third-order valence-electron chi connectivity index (χ3n) is 5.27. The number of nitrogens with zero attached hydrogens (tertiary/aromatic N) is 4. The number of hydrogen-bond donors (Lipinski definition) is 1. The Morgan fingerprint density at radius 1 is 1.09 bits per heavy atom. The van der Waals surface area contributed by atoms with Crippen LogP contribution >= 0.6 is 11.8 Å². The SMILES string of the molecule is Nn1c(Cc2ccccc2F)nnc1SC1CCCCN(C(=O)c2ccc(F)cc2)C1=O. The van der Waals surface area contributed by atoms with Crippen LogP contribution in [0.15, 0.2) is 53.7 Å². The largest absolute Gasteiger partial charge is 0.336 e. The predicted octanol–water partition coefficient (Wildman–Crippen LogP) is 3.17. The normalized spacial score (nSPS) is 16.8. The van der Waals surface area contributed by atoms with Crippen LogP contribution < -0.4 is 5.84 Å². The minimum Gasteiger partial charge on any atom is -0.336 e. The average Bonchev–Trinajstić information content (AvgIpc) is 3.01. The standard InChI is InChI=1S/C22H21F2N5O2S/c23-16-10-8-14(9-11-16)20(30)28-12-4-3-7-18(21(28)31)32-22-27-26-19(29(22)25)13-15-5-1-2-6-17(15)24/h1-2,5-6,8-11,18H,3-4,7,12-13,25H2. The lowest BCUT2D eigenvalue weighted by Gasteiger charge is -2.22. The Morgan fingerprint density at radius 2 is 1.84 bits per heavy atom. The van der Waals surface area contributed by atoms with Crippen LogP contribution in [0.5, 0.6) is 0 Å². The molecular weight excluding hydrogens is 436 g/mol. The number of benzene rings is 2. The summed E-state index contributed by atoms with van der Waals surface area (Å²) in [5.74, 6) is 4.86. The molecule has 0 aliphatic carbocycles. The summed E-state index contributed by atoms with van der Waals surface area (Å²) >= 11 is 1.13. The molecule has 2 amide bonds. The van der Waals surface area contributed by atoms with Crippen LogP contribution in [0.4, 0.5) is 8.78 Å². The van der Waals surface area contributed by atoms with Crippen molar-refractivity contribution >= 4 is 23.6 Å². The monoisotopic (exact) mass is 457 g/mol. The Kier molecular flexibility index (Phi) is 6.50. The van der Waals surface area contributed by atoms with Gasteiger partial charge in [0.05, 0.1) is 5.25 Å². The molecule has 4 rings (SSSR count). The van der Waals surface area contributed by atoms with Crippen LogP contribution in [-0.2, 0) is 11.2 Å². The van der Waals surface area contributed by atoms with E-state index >= 15 is 0 Å². The van der Waals surface area contributed by atoms with Gasteiger partial charge >= 0.3 is 0 Å². The molecule has 0 bridgehead atoms. The lowest BCUT2D eigenvalue weighted by Crippen LogP contribution is -2.41. The van der Waals surface area contributed by atoms with E-state index in [2.05, 4.69) is 10.2 Å². The topological polar surface area (TPSA) is 94.1 Å². The van der Waals surface area contributed by atoms with Crippen LogP contribution in [0.1, 0.15) is 41.0 Å². The van der Waals surface area contributed by atoms with Crippen molar-refractivity contribution < 1.29 is 18.4 Å². The minimum absolute atomic E-state index is 0.157. The van der Waals surface area contributed by atoms with Crippen LogP contribution in [0, 0.1) is 11.6 Å². The van der Waals surface area contributed by atoms with Crippen molar-refractivity contribution in [2.75, 3.05) is 12.4 Å². The highest BCUT2D eigenvalue weighted by Gasteiger charge is 2.33. The molecule has 7 nitrogen and oxygen atoms in total. The maximum Gasteiger partial charge on any atom is 0.260 e. The number of hydrogen-bond acceptors (Lipinski definition) is 6. The minimum atomic E-state index is -0.574. The third kappa shape index (κ3) is 4.64. The molecule has 1 aliphatic rings. The molecule has 10 heteroatoms. The van der Waals surface area contributed by atoms with Crippen LogP contribution in [-0.4, -0.2) is 43.4 Å². The van der Waals surface area contributed by atoms with Crippen LogP contribution in [0.3, 0.4) is 0 Å². The molecule has 1 aromatic heterocycles. The number of likely N-dealkylation sites (tertiary alicyclic amines) is 1. The Bertz CT molecular complexity index is 1140. The first kappa shape index (κ1) is 21.9. The first-order valence-electron chi connectivity index (χ1n) is 10.1. The number of amides is 2. The molecule has 1 unspecified atom stereocenters. The van der Waals surface area contributed by atoms with Gasteiger partial charge in [-0.15, -0.1) is 10.2 Å². The molecule has 1 atom stereocenters. The Morgan fingerprint density at radius 3 is 2.59 bits per heavy atom. The fourth-order valence-electron chi connectivity index (χ4n) is 3.51. The van der Waals surface area contributed by atoms with Crippen molar-refractivity contribution in [3.05, 3.63) is 77.1 Å². The Balaban J connectivity index is 1.50. The molecule has 1 saturated heterocycles. The number of halogens is 2. The number of rotatable bonds is 5. The second kappa shape index (κ2) is 9.47. The van der Waals surface area contributed by atoms with E-state index in [1.54, 1.807) is 18.2 Å². The molecule has 0 radical (unpaired) electrons. The second-order valence-corrected chi connectivity index (χ2v) is 8.61.